The summed E-state index contributed by atoms with van der Waals surface area (Å²) in [5.74, 6) is 0. The molecular formula is CFeLiN. The third-order valence-electron chi connectivity index (χ3n) is 0. The Kier molecular flexibility index (Phi) is 386. The minimum atomic E-state index is 0. The van der Waals surface area contributed by atoms with Gasteiger partial charge in [-0.2, -0.15) is 0 Å². The molecule has 1 nitrogen and oxygen atoms in total. The Morgan fingerprint density at radius 3 is 1.25 bits per heavy atom. The SMILES string of the molecule is [C-]#N.[Fe].[Li+]. The van der Waals surface area contributed by atoms with Gasteiger partial charge in [-0.3, -0.25) is 0 Å². The first-order valence-corrected chi connectivity index (χ1v) is 0.224. The summed E-state index contributed by atoms with van der Waals surface area (Å²) in [6.07, 6.45) is 0. The van der Waals surface area contributed by atoms with E-state index in [1.54, 1.807) is 0 Å². The summed E-state index contributed by atoms with van der Waals surface area (Å²) in [6.45, 7) is 4.75. The second kappa shape index (κ2) is 66.6. The average Bonchev–Trinajstić information content (AvgIpc) is 1.00. The van der Waals surface area contributed by atoms with Gasteiger partial charge < -0.3 is 11.8 Å². The summed E-state index contributed by atoms with van der Waals surface area (Å²) < 4.78 is 0. The summed E-state index contributed by atoms with van der Waals surface area (Å²) in [4.78, 5) is 0. The molecule has 0 saturated heterocycles. The Morgan fingerprint density at radius 1 is 1.25 bits per heavy atom. The first-order valence-electron chi connectivity index (χ1n) is 0.224. The summed E-state index contributed by atoms with van der Waals surface area (Å²) >= 11 is 0. The fraction of sp³-hybridized carbons (Fsp3) is 0. The van der Waals surface area contributed by atoms with Crippen LogP contribution in [0, 0.1) is 11.8 Å². The third kappa shape index (κ3) is 18.3. The van der Waals surface area contributed by atoms with Crippen LogP contribution in [0.3, 0.4) is 0 Å². The van der Waals surface area contributed by atoms with Crippen LogP contribution in [0.1, 0.15) is 0 Å². The van der Waals surface area contributed by atoms with Gasteiger partial charge >= 0.3 is 18.9 Å². The van der Waals surface area contributed by atoms with Crippen molar-refractivity contribution in [3.8, 4) is 0 Å². The summed E-state index contributed by atoms with van der Waals surface area (Å²) in [5.41, 5.74) is 0. The van der Waals surface area contributed by atoms with Gasteiger partial charge in [-0.15, -0.1) is 0 Å². The summed E-state index contributed by atoms with van der Waals surface area (Å²) in [6, 6.07) is 0. The normalized spacial score (nSPS) is 0.500. The fourth-order valence-corrected chi connectivity index (χ4v) is 0. The zero-order chi connectivity index (χ0) is 2.00. The van der Waals surface area contributed by atoms with E-state index in [0.717, 1.165) is 0 Å². The number of hydrogen-bond donors (Lipinski definition) is 0. The molecule has 0 amide bonds. The van der Waals surface area contributed by atoms with Crippen molar-refractivity contribution in [1.82, 2.24) is 0 Å². The minimum absolute atomic E-state index is 0. The molecule has 3 heteroatoms. The van der Waals surface area contributed by atoms with Crippen LogP contribution >= 0.6 is 0 Å². The van der Waals surface area contributed by atoms with E-state index in [4.69, 9.17) is 11.8 Å². The standard InChI is InChI=1S/CN.Fe.Li/c1-2;;/q-1;;+1. The second-order valence-corrected chi connectivity index (χ2v) is 0. The maximum Gasteiger partial charge on any atom is 1.00 e. The molecule has 0 bridgehead atoms. The van der Waals surface area contributed by atoms with Crippen molar-refractivity contribution in [2.24, 2.45) is 0 Å². The fourth-order valence-electron chi connectivity index (χ4n) is 0. The van der Waals surface area contributed by atoms with E-state index in [2.05, 4.69) is 0 Å². The van der Waals surface area contributed by atoms with Crippen LogP contribution in [0.15, 0.2) is 0 Å². The Hall–Kier alpha value is 0.607. The van der Waals surface area contributed by atoms with E-state index in [1.807, 2.05) is 0 Å². The molecule has 0 aliphatic rings. The second-order valence-electron chi connectivity index (χ2n) is 0. The molecule has 0 aromatic heterocycles. The largest absolute Gasteiger partial charge is 1.00 e. The van der Waals surface area contributed by atoms with Crippen molar-refractivity contribution < 1.29 is 35.9 Å². The van der Waals surface area contributed by atoms with Crippen molar-refractivity contribution in [1.29, 1.82) is 5.26 Å². The number of nitrogens with zero attached hydrogens (tertiary/aromatic N) is 1. The molecule has 0 aliphatic heterocycles. The van der Waals surface area contributed by atoms with Crippen LogP contribution in [-0.2, 0) is 17.1 Å². The van der Waals surface area contributed by atoms with Crippen LogP contribution in [0.25, 0.3) is 0 Å². The van der Waals surface area contributed by atoms with Gasteiger partial charge in [0.05, 0.1) is 0 Å². The minimum Gasteiger partial charge on any atom is -0.512 e. The van der Waals surface area contributed by atoms with Crippen LogP contribution in [-0.4, -0.2) is 0 Å². The van der Waals surface area contributed by atoms with E-state index >= 15 is 0 Å². The summed E-state index contributed by atoms with van der Waals surface area (Å²) in [5, 5.41) is 6.25. The van der Waals surface area contributed by atoms with Gasteiger partial charge in [-0.05, 0) is 0 Å². The molecule has 0 rings (SSSR count). The molecule has 0 saturated carbocycles. The van der Waals surface area contributed by atoms with E-state index in [-0.39, 0.29) is 35.9 Å². The number of rotatable bonds is 0. The van der Waals surface area contributed by atoms with E-state index in [0.29, 0.717) is 0 Å². The molecule has 0 fully saturated rings. The Morgan fingerprint density at radius 2 is 1.25 bits per heavy atom. The quantitative estimate of drug-likeness (QED) is 0.230. The molecule has 0 atom stereocenters. The van der Waals surface area contributed by atoms with Crippen LogP contribution < -0.4 is 18.9 Å². The van der Waals surface area contributed by atoms with Crippen molar-refractivity contribution in [2.75, 3.05) is 0 Å². The maximum atomic E-state index is 6.25. The first-order chi connectivity index (χ1) is 1.00. The molecule has 4 heavy (non-hydrogen) atoms. The predicted molar refractivity (Wildman–Crippen MR) is 4.97 cm³/mol. The molecule has 0 aromatic rings. The smallest absolute Gasteiger partial charge is 0.512 e. The molecule has 0 aromatic carbocycles. The van der Waals surface area contributed by atoms with Crippen LogP contribution in [0.2, 0.25) is 0 Å². The maximum absolute atomic E-state index is 6.25. The molecule has 0 radical (unpaired) electrons. The van der Waals surface area contributed by atoms with E-state index < -0.39 is 0 Å². The molecule has 0 spiro atoms. The van der Waals surface area contributed by atoms with Crippen LogP contribution in [0.5, 0.6) is 0 Å². The van der Waals surface area contributed by atoms with Gasteiger partial charge in [0, 0.05) is 17.1 Å². The zero-order valence-electron chi connectivity index (χ0n) is 2.30. The van der Waals surface area contributed by atoms with Gasteiger partial charge in [0.2, 0.25) is 0 Å². The third-order valence-corrected chi connectivity index (χ3v) is 0. The van der Waals surface area contributed by atoms with E-state index in [1.165, 1.54) is 0 Å². The molecule has 18 valence electrons. The molecule has 0 N–H and O–H groups in total. The monoisotopic (exact) mass is 89.0 g/mol. The van der Waals surface area contributed by atoms with Crippen LogP contribution in [0.4, 0.5) is 0 Å². The van der Waals surface area contributed by atoms with Crippen molar-refractivity contribution in [2.45, 2.75) is 0 Å². The van der Waals surface area contributed by atoms with Gasteiger partial charge in [-0.25, -0.2) is 0 Å². The van der Waals surface area contributed by atoms with Gasteiger partial charge in [0.15, 0.2) is 0 Å². The van der Waals surface area contributed by atoms with Crippen molar-refractivity contribution in [3.63, 3.8) is 0 Å². The molecule has 0 aliphatic carbocycles. The summed E-state index contributed by atoms with van der Waals surface area (Å²) in [7, 11) is 0. The topological polar surface area (TPSA) is 23.8 Å². The van der Waals surface area contributed by atoms with Gasteiger partial charge in [-0.1, -0.05) is 0 Å². The zero-order valence-corrected chi connectivity index (χ0v) is 3.40. The molecule has 0 heterocycles. The van der Waals surface area contributed by atoms with Crippen molar-refractivity contribution >= 4 is 0 Å². The molecule has 0 unspecified atom stereocenters. The predicted octanol–water partition coefficient (Wildman–Crippen LogP) is -2.90. The first kappa shape index (κ1) is 23.2. The Labute approximate surface area is 48.0 Å². The average molecular weight is 88.8 g/mol. The van der Waals surface area contributed by atoms with Crippen molar-refractivity contribution in [3.05, 3.63) is 6.57 Å². The van der Waals surface area contributed by atoms with Gasteiger partial charge in [0.25, 0.3) is 0 Å². The van der Waals surface area contributed by atoms with E-state index in [9.17, 15) is 0 Å². The van der Waals surface area contributed by atoms with Gasteiger partial charge in [0.1, 0.15) is 0 Å². The number of hydrogen-bond acceptors (Lipinski definition) is 1. The Bertz CT molecular complexity index is 12.8. The molecular weight excluding hydrogens is 88.8 g/mol. The Balaban J connectivity index is -0.00000000500.